The van der Waals surface area contributed by atoms with Crippen LogP contribution in [0.15, 0.2) is 0 Å². The molecule has 1 aliphatic heterocycles. The van der Waals surface area contributed by atoms with Crippen molar-refractivity contribution in [3.8, 4) is 0 Å². The first-order chi connectivity index (χ1) is 8.16. The van der Waals surface area contributed by atoms with Gasteiger partial charge in [-0.15, -0.1) is 0 Å². The van der Waals surface area contributed by atoms with E-state index < -0.39 is 0 Å². The second kappa shape index (κ2) is 6.19. The molecule has 2 rings (SSSR count). The molecule has 0 aromatic heterocycles. The molecule has 1 saturated carbocycles. The molecule has 0 aromatic rings. The molecule has 0 bridgehead atoms. The standard InChI is InChI=1S/C13H22BrNO2/c1-9-5-6-17-12(9)13(16)15-8-10-3-2-4-11(14)7-10/h9-12H,2-8H2,1H3,(H,15,16). The van der Waals surface area contributed by atoms with Gasteiger partial charge in [0.2, 0.25) is 5.91 Å². The zero-order valence-corrected chi connectivity index (χ0v) is 12.0. The maximum absolute atomic E-state index is 11.9. The third-order valence-electron chi connectivity index (χ3n) is 3.93. The van der Waals surface area contributed by atoms with Crippen LogP contribution in [0.3, 0.4) is 0 Å². The smallest absolute Gasteiger partial charge is 0.249 e. The van der Waals surface area contributed by atoms with Gasteiger partial charge in [-0.2, -0.15) is 0 Å². The Bertz CT molecular complexity index is 272. The van der Waals surface area contributed by atoms with Crippen LogP contribution >= 0.6 is 15.9 Å². The van der Waals surface area contributed by atoms with Gasteiger partial charge in [-0.1, -0.05) is 29.3 Å². The van der Waals surface area contributed by atoms with Gasteiger partial charge in [0, 0.05) is 18.0 Å². The molecule has 4 heteroatoms. The van der Waals surface area contributed by atoms with Crippen LogP contribution in [0.1, 0.15) is 39.0 Å². The van der Waals surface area contributed by atoms with E-state index in [1.807, 2.05) is 0 Å². The molecule has 1 aliphatic carbocycles. The maximum atomic E-state index is 11.9. The Morgan fingerprint density at radius 1 is 1.41 bits per heavy atom. The van der Waals surface area contributed by atoms with Crippen molar-refractivity contribution in [3.05, 3.63) is 0 Å². The van der Waals surface area contributed by atoms with Crippen molar-refractivity contribution >= 4 is 21.8 Å². The van der Waals surface area contributed by atoms with E-state index in [2.05, 4.69) is 28.2 Å². The normalized spacial score (nSPS) is 38.0. The highest BCUT2D eigenvalue weighted by Crippen LogP contribution is 2.28. The van der Waals surface area contributed by atoms with Crippen molar-refractivity contribution in [2.45, 2.75) is 50.0 Å². The summed E-state index contributed by atoms with van der Waals surface area (Å²) in [7, 11) is 0. The van der Waals surface area contributed by atoms with E-state index >= 15 is 0 Å². The number of hydrogen-bond donors (Lipinski definition) is 1. The summed E-state index contributed by atoms with van der Waals surface area (Å²) in [5.41, 5.74) is 0. The summed E-state index contributed by atoms with van der Waals surface area (Å²) < 4.78 is 5.47. The van der Waals surface area contributed by atoms with Crippen LogP contribution in [0.5, 0.6) is 0 Å². The predicted molar refractivity (Wildman–Crippen MR) is 71.2 cm³/mol. The molecule has 1 N–H and O–H groups in total. The molecule has 3 nitrogen and oxygen atoms in total. The Labute approximate surface area is 112 Å². The van der Waals surface area contributed by atoms with Crippen molar-refractivity contribution < 1.29 is 9.53 Å². The quantitative estimate of drug-likeness (QED) is 0.814. The van der Waals surface area contributed by atoms with E-state index in [0.29, 0.717) is 16.7 Å². The SMILES string of the molecule is CC1CCOC1C(=O)NCC1CCCC(Br)C1. The Morgan fingerprint density at radius 2 is 2.24 bits per heavy atom. The molecule has 0 radical (unpaired) electrons. The van der Waals surface area contributed by atoms with Crippen LogP contribution in [0, 0.1) is 11.8 Å². The zero-order valence-electron chi connectivity index (χ0n) is 10.5. The van der Waals surface area contributed by atoms with E-state index in [1.54, 1.807) is 0 Å². The zero-order chi connectivity index (χ0) is 12.3. The maximum Gasteiger partial charge on any atom is 0.249 e. The molecule has 0 spiro atoms. The summed E-state index contributed by atoms with van der Waals surface area (Å²) in [4.78, 5) is 12.6. The number of halogens is 1. The molecule has 2 aliphatic rings. The van der Waals surface area contributed by atoms with Gasteiger partial charge in [-0.25, -0.2) is 0 Å². The minimum absolute atomic E-state index is 0.0895. The van der Waals surface area contributed by atoms with Gasteiger partial charge in [0.05, 0.1) is 0 Å². The van der Waals surface area contributed by atoms with Crippen LogP contribution in [0.25, 0.3) is 0 Å². The minimum atomic E-state index is -0.210. The lowest BCUT2D eigenvalue weighted by atomic mass is 9.89. The van der Waals surface area contributed by atoms with Crippen molar-refractivity contribution in [2.24, 2.45) is 11.8 Å². The first-order valence-electron chi connectivity index (χ1n) is 6.70. The monoisotopic (exact) mass is 303 g/mol. The molecule has 1 saturated heterocycles. The average Bonchev–Trinajstić information content (AvgIpc) is 2.72. The second-order valence-corrected chi connectivity index (χ2v) is 6.73. The summed E-state index contributed by atoms with van der Waals surface area (Å²) in [6.45, 7) is 3.63. The number of nitrogens with one attached hydrogen (secondary N) is 1. The van der Waals surface area contributed by atoms with Gasteiger partial charge in [-0.3, -0.25) is 4.79 Å². The van der Waals surface area contributed by atoms with Crippen molar-refractivity contribution in [3.63, 3.8) is 0 Å². The van der Waals surface area contributed by atoms with Crippen LogP contribution in [-0.4, -0.2) is 30.0 Å². The van der Waals surface area contributed by atoms with Crippen LogP contribution < -0.4 is 5.32 Å². The Hall–Kier alpha value is -0.0900. The van der Waals surface area contributed by atoms with Gasteiger partial charge >= 0.3 is 0 Å². The number of ether oxygens (including phenoxy) is 1. The van der Waals surface area contributed by atoms with E-state index in [1.165, 1.54) is 25.7 Å². The fourth-order valence-electron chi connectivity index (χ4n) is 2.79. The van der Waals surface area contributed by atoms with Crippen molar-refractivity contribution in [1.29, 1.82) is 0 Å². The van der Waals surface area contributed by atoms with Gasteiger partial charge in [-0.05, 0) is 37.5 Å². The molecule has 17 heavy (non-hydrogen) atoms. The lowest BCUT2D eigenvalue weighted by Crippen LogP contribution is -2.40. The first kappa shape index (κ1) is 13.3. The Balaban J connectivity index is 1.72. The lowest BCUT2D eigenvalue weighted by molar-refractivity contribution is -0.131. The first-order valence-corrected chi connectivity index (χ1v) is 7.61. The number of alkyl halides is 1. The fraction of sp³-hybridized carbons (Fsp3) is 0.923. The third kappa shape index (κ3) is 3.68. The lowest BCUT2D eigenvalue weighted by Gasteiger charge is -2.26. The predicted octanol–water partition coefficient (Wildman–Crippen LogP) is 2.48. The van der Waals surface area contributed by atoms with Crippen LogP contribution in [0.2, 0.25) is 0 Å². The van der Waals surface area contributed by atoms with Crippen molar-refractivity contribution in [1.82, 2.24) is 5.32 Å². The Kier molecular flexibility index (Phi) is 4.86. The molecular formula is C13H22BrNO2. The number of carbonyl (C=O) groups excluding carboxylic acids is 1. The molecule has 2 fully saturated rings. The molecular weight excluding hydrogens is 282 g/mol. The second-order valence-electron chi connectivity index (χ2n) is 5.43. The molecule has 1 amide bonds. The number of carbonyl (C=O) groups is 1. The van der Waals surface area contributed by atoms with E-state index in [9.17, 15) is 4.79 Å². The van der Waals surface area contributed by atoms with E-state index in [0.717, 1.165) is 19.6 Å². The average molecular weight is 304 g/mol. The molecule has 1 heterocycles. The van der Waals surface area contributed by atoms with Crippen LogP contribution in [0.4, 0.5) is 0 Å². The summed E-state index contributed by atoms with van der Waals surface area (Å²) >= 11 is 3.67. The third-order valence-corrected chi connectivity index (χ3v) is 4.76. The van der Waals surface area contributed by atoms with Gasteiger partial charge in [0.25, 0.3) is 0 Å². The molecule has 4 atom stereocenters. The largest absolute Gasteiger partial charge is 0.368 e. The van der Waals surface area contributed by atoms with Gasteiger partial charge in [0.15, 0.2) is 0 Å². The minimum Gasteiger partial charge on any atom is -0.368 e. The van der Waals surface area contributed by atoms with Gasteiger partial charge in [0.1, 0.15) is 6.10 Å². The summed E-state index contributed by atoms with van der Waals surface area (Å²) in [5.74, 6) is 1.09. The van der Waals surface area contributed by atoms with Gasteiger partial charge < -0.3 is 10.1 Å². The fourth-order valence-corrected chi connectivity index (χ4v) is 3.64. The number of rotatable bonds is 3. The number of hydrogen-bond acceptors (Lipinski definition) is 2. The van der Waals surface area contributed by atoms with Crippen LogP contribution in [-0.2, 0) is 9.53 Å². The Morgan fingerprint density at radius 3 is 2.88 bits per heavy atom. The highest BCUT2D eigenvalue weighted by atomic mass is 79.9. The van der Waals surface area contributed by atoms with Crippen molar-refractivity contribution in [2.75, 3.05) is 13.2 Å². The molecule has 98 valence electrons. The molecule has 0 aromatic carbocycles. The van der Waals surface area contributed by atoms with E-state index in [-0.39, 0.29) is 12.0 Å². The van der Waals surface area contributed by atoms with E-state index in [4.69, 9.17) is 4.74 Å². The summed E-state index contributed by atoms with van der Waals surface area (Å²) in [5, 5.41) is 3.06. The number of amides is 1. The molecule has 4 unspecified atom stereocenters. The topological polar surface area (TPSA) is 38.3 Å². The highest BCUT2D eigenvalue weighted by Gasteiger charge is 2.31. The highest BCUT2D eigenvalue weighted by molar-refractivity contribution is 9.09. The summed E-state index contributed by atoms with van der Waals surface area (Å²) in [6.07, 6.45) is 5.76. The summed E-state index contributed by atoms with van der Waals surface area (Å²) in [6, 6.07) is 0.